The van der Waals surface area contributed by atoms with Gasteiger partial charge in [-0.05, 0) is 57.8 Å². The summed E-state index contributed by atoms with van der Waals surface area (Å²) >= 11 is 0. The highest BCUT2D eigenvalue weighted by molar-refractivity contribution is 5.14. The second kappa shape index (κ2) is 6.91. The summed E-state index contributed by atoms with van der Waals surface area (Å²) < 4.78 is 0. The molecule has 0 bridgehead atoms. The second-order valence-corrected chi connectivity index (χ2v) is 5.58. The Hall–Kier alpha value is -0.860. The molecule has 2 heteroatoms. The van der Waals surface area contributed by atoms with Crippen LogP contribution in [0, 0.1) is 5.92 Å². The maximum absolute atomic E-state index is 3.30. The second-order valence-electron chi connectivity index (χ2n) is 5.58. The third-order valence-corrected chi connectivity index (χ3v) is 4.13. The van der Waals surface area contributed by atoms with E-state index in [9.17, 15) is 0 Å². The maximum Gasteiger partial charge on any atom is 0.00702 e. The predicted molar refractivity (Wildman–Crippen MR) is 77.8 cm³/mol. The summed E-state index contributed by atoms with van der Waals surface area (Å²) in [7, 11) is 2.06. The Morgan fingerprint density at radius 1 is 1.33 bits per heavy atom. The maximum atomic E-state index is 3.30. The lowest BCUT2D eigenvalue weighted by atomic mass is 10.1. The summed E-state index contributed by atoms with van der Waals surface area (Å²) in [6.07, 6.45) is 3.84. The van der Waals surface area contributed by atoms with Crippen LogP contribution in [0.3, 0.4) is 0 Å². The molecule has 1 N–H and O–H groups in total. The first-order valence-electron chi connectivity index (χ1n) is 7.22. The molecule has 0 spiro atoms. The molecule has 100 valence electrons. The van der Waals surface area contributed by atoms with Crippen LogP contribution in [0.5, 0.6) is 0 Å². The SMILES string of the molecule is CNCC1CCN(C(C)CCc2ccccc2)C1. The molecule has 0 amide bonds. The van der Waals surface area contributed by atoms with Crippen molar-refractivity contribution < 1.29 is 0 Å². The first-order valence-corrected chi connectivity index (χ1v) is 7.22. The van der Waals surface area contributed by atoms with E-state index in [2.05, 4.69) is 54.5 Å². The predicted octanol–water partition coefficient (Wildman–Crippen LogP) is 2.55. The summed E-state index contributed by atoms with van der Waals surface area (Å²) in [5, 5.41) is 3.30. The summed E-state index contributed by atoms with van der Waals surface area (Å²) in [5.41, 5.74) is 1.47. The summed E-state index contributed by atoms with van der Waals surface area (Å²) in [5.74, 6) is 0.856. The van der Waals surface area contributed by atoms with Gasteiger partial charge in [-0.3, -0.25) is 0 Å². The first kappa shape index (κ1) is 13.6. The van der Waals surface area contributed by atoms with Gasteiger partial charge in [0.2, 0.25) is 0 Å². The Balaban J connectivity index is 1.74. The van der Waals surface area contributed by atoms with E-state index in [1.54, 1.807) is 0 Å². The molecule has 2 atom stereocenters. The Morgan fingerprint density at radius 3 is 2.83 bits per heavy atom. The van der Waals surface area contributed by atoms with Crippen LogP contribution < -0.4 is 5.32 Å². The van der Waals surface area contributed by atoms with Gasteiger partial charge in [-0.1, -0.05) is 30.3 Å². The van der Waals surface area contributed by atoms with E-state index < -0.39 is 0 Å². The van der Waals surface area contributed by atoms with Gasteiger partial charge in [0.1, 0.15) is 0 Å². The highest BCUT2D eigenvalue weighted by atomic mass is 15.2. The molecular weight excluding hydrogens is 220 g/mol. The van der Waals surface area contributed by atoms with Gasteiger partial charge in [-0.15, -0.1) is 0 Å². The van der Waals surface area contributed by atoms with Crippen molar-refractivity contribution in [1.82, 2.24) is 10.2 Å². The van der Waals surface area contributed by atoms with Crippen molar-refractivity contribution >= 4 is 0 Å². The molecule has 18 heavy (non-hydrogen) atoms. The first-order chi connectivity index (χ1) is 8.79. The van der Waals surface area contributed by atoms with Gasteiger partial charge in [0, 0.05) is 12.6 Å². The Morgan fingerprint density at radius 2 is 2.11 bits per heavy atom. The fourth-order valence-electron chi connectivity index (χ4n) is 2.92. The molecule has 1 aromatic carbocycles. The van der Waals surface area contributed by atoms with Crippen molar-refractivity contribution in [2.45, 2.75) is 32.2 Å². The number of aryl methyl sites for hydroxylation is 1. The zero-order chi connectivity index (χ0) is 12.8. The van der Waals surface area contributed by atoms with Crippen molar-refractivity contribution in [2.75, 3.05) is 26.7 Å². The zero-order valence-electron chi connectivity index (χ0n) is 11.7. The molecule has 2 unspecified atom stereocenters. The molecule has 0 radical (unpaired) electrons. The van der Waals surface area contributed by atoms with E-state index in [1.807, 2.05) is 0 Å². The van der Waals surface area contributed by atoms with Crippen LogP contribution >= 0.6 is 0 Å². The zero-order valence-corrected chi connectivity index (χ0v) is 11.7. The third kappa shape index (κ3) is 3.82. The van der Waals surface area contributed by atoms with Gasteiger partial charge in [0.15, 0.2) is 0 Å². The van der Waals surface area contributed by atoms with Gasteiger partial charge in [0.05, 0.1) is 0 Å². The lowest BCUT2D eigenvalue weighted by Crippen LogP contribution is -2.32. The molecule has 1 aliphatic rings. The highest BCUT2D eigenvalue weighted by Gasteiger charge is 2.25. The van der Waals surface area contributed by atoms with Crippen molar-refractivity contribution in [3.05, 3.63) is 35.9 Å². The van der Waals surface area contributed by atoms with Crippen molar-refractivity contribution in [1.29, 1.82) is 0 Å². The van der Waals surface area contributed by atoms with E-state index in [0.717, 1.165) is 5.92 Å². The summed E-state index contributed by atoms with van der Waals surface area (Å²) in [6, 6.07) is 11.6. The molecule has 0 saturated carbocycles. The molecule has 1 saturated heterocycles. The van der Waals surface area contributed by atoms with Crippen molar-refractivity contribution in [2.24, 2.45) is 5.92 Å². The van der Waals surface area contributed by atoms with E-state index in [1.165, 1.54) is 44.5 Å². The van der Waals surface area contributed by atoms with E-state index in [-0.39, 0.29) is 0 Å². The molecular formula is C16H26N2. The van der Waals surface area contributed by atoms with Crippen LogP contribution in [0.15, 0.2) is 30.3 Å². The molecule has 1 fully saturated rings. The van der Waals surface area contributed by atoms with Gasteiger partial charge in [-0.2, -0.15) is 0 Å². The number of rotatable bonds is 6. The number of hydrogen-bond acceptors (Lipinski definition) is 2. The standard InChI is InChI=1S/C16H26N2/c1-14(8-9-15-6-4-3-5-7-15)18-11-10-16(13-18)12-17-2/h3-7,14,16-17H,8-13H2,1-2H3. The fourth-order valence-corrected chi connectivity index (χ4v) is 2.92. The lowest BCUT2D eigenvalue weighted by Gasteiger charge is -2.24. The van der Waals surface area contributed by atoms with Crippen LogP contribution in [-0.4, -0.2) is 37.6 Å². The molecule has 1 heterocycles. The highest BCUT2D eigenvalue weighted by Crippen LogP contribution is 2.20. The number of hydrogen-bond donors (Lipinski definition) is 1. The number of nitrogens with one attached hydrogen (secondary N) is 1. The Kier molecular flexibility index (Phi) is 5.21. The Bertz CT molecular complexity index is 336. The van der Waals surface area contributed by atoms with Crippen LogP contribution in [-0.2, 0) is 6.42 Å². The lowest BCUT2D eigenvalue weighted by molar-refractivity contribution is 0.238. The largest absolute Gasteiger partial charge is 0.319 e. The number of nitrogens with zero attached hydrogens (tertiary/aromatic N) is 1. The molecule has 1 aliphatic heterocycles. The molecule has 2 nitrogen and oxygen atoms in total. The van der Waals surface area contributed by atoms with Crippen LogP contribution in [0.1, 0.15) is 25.3 Å². The van der Waals surface area contributed by atoms with Gasteiger partial charge in [-0.25, -0.2) is 0 Å². The molecule has 1 aromatic rings. The topological polar surface area (TPSA) is 15.3 Å². The van der Waals surface area contributed by atoms with E-state index in [4.69, 9.17) is 0 Å². The minimum absolute atomic E-state index is 0.715. The molecule has 0 aliphatic carbocycles. The Labute approximate surface area is 111 Å². The summed E-state index contributed by atoms with van der Waals surface area (Å²) in [6.45, 7) is 6.10. The van der Waals surface area contributed by atoms with E-state index >= 15 is 0 Å². The smallest absolute Gasteiger partial charge is 0.00702 e. The fraction of sp³-hybridized carbons (Fsp3) is 0.625. The minimum atomic E-state index is 0.715. The number of benzene rings is 1. The van der Waals surface area contributed by atoms with E-state index in [0.29, 0.717) is 6.04 Å². The monoisotopic (exact) mass is 246 g/mol. The third-order valence-electron chi connectivity index (χ3n) is 4.13. The quantitative estimate of drug-likeness (QED) is 0.830. The summed E-state index contributed by atoms with van der Waals surface area (Å²) in [4.78, 5) is 2.66. The van der Waals surface area contributed by atoms with Crippen LogP contribution in [0.4, 0.5) is 0 Å². The number of likely N-dealkylation sites (tertiary alicyclic amines) is 1. The molecule has 2 rings (SSSR count). The van der Waals surface area contributed by atoms with Crippen molar-refractivity contribution in [3.63, 3.8) is 0 Å². The van der Waals surface area contributed by atoms with Crippen LogP contribution in [0.2, 0.25) is 0 Å². The molecule has 0 aromatic heterocycles. The average Bonchev–Trinajstić information content (AvgIpc) is 2.86. The van der Waals surface area contributed by atoms with Crippen LogP contribution in [0.25, 0.3) is 0 Å². The minimum Gasteiger partial charge on any atom is -0.319 e. The van der Waals surface area contributed by atoms with Gasteiger partial charge >= 0.3 is 0 Å². The van der Waals surface area contributed by atoms with Crippen molar-refractivity contribution in [3.8, 4) is 0 Å². The van der Waals surface area contributed by atoms with Gasteiger partial charge in [0.25, 0.3) is 0 Å². The van der Waals surface area contributed by atoms with Gasteiger partial charge < -0.3 is 10.2 Å². The average molecular weight is 246 g/mol. The normalized spacial score (nSPS) is 22.2.